The van der Waals surface area contributed by atoms with Crippen molar-refractivity contribution in [2.75, 3.05) is 39.3 Å². The van der Waals surface area contributed by atoms with Crippen LogP contribution in [0, 0.1) is 5.92 Å². The summed E-state index contributed by atoms with van der Waals surface area (Å²) in [5, 5.41) is 4.59. The fourth-order valence-corrected chi connectivity index (χ4v) is 3.17. The highest BCUT2D eigenvalue weighted by Crippen LogP contribution is 2.32. The number of nitrogens with zero attached hydrogens (tertiary/aromatic N) is 1. The van der Waals surface area contributed by atoms with Crippen molar-refractivity contribution in [3.05, 3.63) is 28.2 Å². The Bertz CT molecular complexity index is 417. The lowest BCUT2D eigenvalue weighted by molar-refractivity contribution is 0.154. The van der Waals surface area contributed by atoms with Gasteiger partial charge in [0.05, 0.1) is 10.0 Å². The Balaban J connectivity index is 0.00000242. The summed E-state index contributed by atoms with van der Waals surface area (Å²) in [6.07, 6.45) is 2.53. The van der Waals surface area contributed by atoms with Gasteiger partial charge in [-0.2, -0.15) is 0 Å². The molecule has 0 saturated carbocycles. The molecule has 22 heavy (non-hydrogen) atoms. The first-order chi connectivity index (χ1) is 10.2. The van der Waals surface area contributed by atoms with E-state index >= 15 is 0 Å². The average Bonchev–Trinajstić information content (AvgIpc) is 2.49. The number of piperidine rings is 1. The zero-order valence-electron chi connectivity index (χ0n) is 13.0. The van der Waals surface area contributed by atoms with Crippen LogP contribution in [0.15, 0.2) is 18.2 Å². The second-order valence-electron chi connectivity index (χ2n) is 5.49. The Kier molecular flexibility index (Phi) is 9.53. The van der Waals surface area contributed by atoms with Crippen molar-refractivity contribution < 1.29 is 4.74 Å². The molecular weight excluding hydrogens is 343 g/mol. The molecule has 0 radical (unpaired) electrons. The van der Waals surface area contributed by atoms with E-state index in [1.807, 2.05) is 6.07 Å². The number of halogens is 3. The van der Waals surface area contributed by atoms with Crippen molar-refractivity contribution in [2.45, 2.75) is 19.8 Å². The molecule has 1 N–H and O–H groups in total. The largest absolute Gasteiger partial charge is 0.489 e. The highest BCUT2D eigenvalue weighted by atomic mass is 35.5. The molecule has 0 aromatic heterocycles. The van der Waals surface area contributed by atoms with Gasteiger partial charge in [0.2, 0.25) is 0 Å². The van der Waals surface area contributed by atoms with Crippen LogP contribution in [-0.4, -0.2) is 44.2 Å². The fourth-order valence-electron chi connectivity index (χ4n) is 2.66. The van der Waals surface area contributed by atoms with E-state index in [1.165, 1.54) is 12.8 Å². The van der Waals surface area contributed by atoms with Gasteiger partial charge in [-0.3, -0.25) is 4.90 Å². The van der Waals surface area contributed by atoms with Crippen LogP contribution in [0.3, 0.4) is 0 Å². The maximum absolute atomic E-state index is 6.09. The van der Waals surface area contributed by atoms with Crippen LogP contribution >= 0.6 is 35.6 Å². The zero-order valence-corrected chi connectivity index (χ0v) is 15.3. The van der Waals surface area contributed by atoms with E-state index in [-0.39, 0.29) is 12.4 Å². The standard InChI is InChI=1S/C16H24Cl2N2O.ClH/c1-2-19-12-13-6-8-20(9-7-13)10-11-21-16-14(17)4-3-5-15(16)18;/h3-5,13,19H,2,6-12H2,1H3;1H. The molecule has 1 aliphatic heterocycles. The molecule has 2 rings (SSSR count). The molecular formula is C16H25Cl3N2O. The molecule has 0 spiro atoms. The highest BCUT2D eigenvalue weighted by Gasteiger charge is 2.18. The number of rotatable bonds is 7. The van der Waals surface area contributed by atoms with Crippen molar-refractivity contribution in [3.63, 3.8) is 0 Å². The van der Waals surface area contributed by atoms with Crippen molar-refractivity contribution in [1.82, 2.24) is 10.2 Å². The van der Waals surface area contributed by atoms with Crippen molar-refractivity contribution >= 4 is 35.6 Å². The number of para-hydroxylation sites is 1. The first-order valence-corrected chi connectivity index (χ1v) is 8.46. The average molecular weight is 368 g/mol. The van der Waals surface area contributed by atoms with E-state index in [2.05, 4.69) is 17.1 Å². The van der Waals surface area contributed by atoms with Crippen LogP contribution < -0.4 is 10.1 Å². The van der Waals surface area contributed by atoms with E-state index in [0.29, 0.717) is 22.4 Å². The minimum atomic E-state index is 0. The van der Waals surface area contributed by atoms with Crippen molar-refractivity contribution in [1.29, 1.82) is 0 Å². The first-order valence-electron chi connectivity index (χ1n) is 7.70. The van der Waals surface area contributed by atoms with E-state index in [9.17, 15) is 0 Å². The molecule has 1 fully saturated rings. The van der Waals surface area contributed by atoms with Crippen LogP contribution in [0.5, 0.6) is 5.75 Å². The third-order valence-electron chi connectivity index (χ3n) is 3.96. The molecule has 1 aromatic rings. The normalized spacial score (nSPS) is 16.3. The molecule has 0 bridgehead atoms. The van der Waals surface area contributed by atoms with Gasteiger partial charge in [0.1, 0.15) is 6.61 Å². The van der Waals surface area contributed by atoms with Gasteiger partial charge in [-0.1, -0.05) is 36.2 Å². The Morgan fingerprint density at radius 3 is 2.45 bits per heavy atom. The predicted octanol–water partition coefficient (Wildman–Crippen LogP) is 4.12. The topological polar surface area (TPSA) is 24.5 Å². The van der Waals surface area contributed by atoms with Crippen molar-refractivity contribution in [3.8, 4) is 5.75 Å². The van der Waals surface area contributed by atoms with Crippen LogP contribution in [0.4, 0.5) is 0 Å². The molecule has 0 atom stereocenters. The molecule has 0 amide bonds. The Morgan fingerprint density at radius 2 is 1.86 bits per heavy atom. The number of nitrogens with one attached hydrogen (secondary N) is 1. The maximum Gasteiger partial charge on any atom is 0.156 e. The second-order valence-corrected chi connectivity index (χ2v) is 6.31. The number of hydrogen-bond donors (Lipinski definition) is 1. The molecule has 6 heteroatoms. The minimum Gasteiger partial charge on any atom is -0.489 e. The van der Waals surface area contributed by atoms with E-state index < -0.39 is 0 Å². The van der Waals surface area contributed by atoms with Crippen LogP contribution in [0.1, 0.15) is 19.8 Å². The van der Waals surface area contributed by atoms with Gasteiger partial charge in [0.15, 0.2) is 5.75 Å². The van der Waals surface area contributed by atoms with E-state index in [1.54, 1.807) is 12.1 Å². The zero-order chi connectivity index (χ0) is 15.1. The smallest absolute Gasteiger partial charge is 0.156 e. The van der Waals surface area contributed by atoms with Gasteiger partial charge in [-0.25, -0.2) is 0 Å². The van der Waals surface area contributed by atoms with Gasteiger partial charge >= 0.3 is 0 Å². The lowest BCUT2D eigenvalue weighted by atomic mass is 9.97. The summed E-state index contributed by atoms with van der Waals surface area (Å²) in [6, 6.07) is 5.43. The monoisotopic (exact) mass is 366 g/mol. The summed E-state index contributed by atoms with van der Waals surface area (Å²) >= 11 is 12.2. The van der Waals surface area contributed by atoms with E-state index in [0.717, 1.165) is 38.6 Å². The molecule has 0 unspecified atom stereocenters. The lowest BCUT2D eigenvalue weighted by Gasteiger charge is -2.31. The fraction of sp³-hybridized carbons (Fsp3) is 0.625. The summed E-state index contributed by atoms with van der Waals surface area (Å²) in [7, 11) is 0. The van der Waals surface area contributed by atoms with Gasteiger partial charge in [0.25, 0.3) is 0 Å². The lowest BCUT2D eigenvalue weighted by Crippen LogP contribution is -2.39. The molecule has 0 aliphatic carbocycles. The van der Waals surface area contributed by atoms with Gasteiger partial charge < -0.3 is 10.1 Å². The van der Waals surface area contributed by atoms with E-state index in [4.69, 9.17) is 27.9 Å². The predicted molar refractivity (Wildman–Crippen MR) is 96.9 cm³/mol. The second kappa shape index (κ2) is 10.6. The minimum absolute atomic E-state index is 0. The molecule has 126 valence electrons. The molecule has 1 saturated heterocycles. The van der Waals surface area contributed by atoms with Crippen LogP contribution in [0.2, 0.25) is 10.0 Å². The molecule has 1 heterocycles. The molecule has 3 nitrogen and oxygen atoms in total. The van der Waals surface area contributed by atoms with Gasteiger partial charge in [-0.15, -0.1) is 12.4 Å². The van der Waals surface area contributed by atoms with Crippen LogP contribution in [0.25, 0.3) is 0 Å². The summed E-state index contributed by atoms with van der Waals surface area (Å²) in [5.74, 6) is 1.42. The summed E-state index contributed by atoms with van der Waals surface area (Å²) in [4.78, 5) is 2.45. The third-order valence-corrected chi connectivity index (χ3v) is 4.56. The summed E-state index contributed by atoms with van der Waals surface area (Å²) < 4.78 is 5.74. The van der Waals surface area contributed by atoms with Crippen LogP contribution in [-0.2, 0) is 0 Å². The Morgan fingerprint density at radius 1 is 1.23 bits per heavy atom. The summed E-state index contributed by atoms with van der Waals surface area (Å²) in [6.45, 7) is 8.22. The number of likely N-dealkylation sites (tertiary alicyclic amines) is 1. The first kappa shape index (κ1) is 19.9. The Labute approximate surface area is 149 Å². The SMILES string of the molecule is CCNCC1CCN(CCOc2c(Cl)cccc2Cl)CC1.Cl. The van der Waals surface area contributed by atoms with Crippen molar-refractivity contribution in [2.24, 2.45) is 5.92 Å². The quantitative estimate of drug-likeness (QED) is 0.784. The molecule has 1 aromatic carbocycles. The number of benzene rings is 1. The van der Waals surface area contributed by atoms with Gasteiger partial charge in [-0.05, 0) is 57.1 Å². The molecule has 1 aliphatic rings. The van der Waals surface area contributed by atoms with Gasteiger partial charge in [0, 0.05) is 6.54 Å². The Hall–Kier alpha value is -0.190. The maximum atomic E-state index is 6.09. The number of hydrogen-bond acceptors (Lipinski definition) is 3. The third kappa shape index (κ3) is 6.13. The summed E-state index contributed by atoms with van der Waals surface area (Å²) in [5.41, 5.74) is 0. The number of ether oxygens (including phenoxy) is 1. The highest BCUT2D eigenvalue weighted by molar-refractivity contribution is 6.37.